The molecule has 5 heteroatoms. The summed E-state index contributed by atoms with van der Waals surface area (Å²) in [4.78, 5) is 11.9. The maximum absolute atomic E-state index is 6.03. The molecule has 2 aromatic heterocycles. The highest BCUT2D eigenvalue weighted by Gasteiger charge is 2.15. The van der Waals surface area contributed by atoms with Crippen molar-refractivity contribution < 1.29 is 4.42 Å². The number of aromatic nitrogens is 2. The number of aryl methyl sites for hydroxylation is 1. The van der Waals surface area contributed by atoms with Crippen molar-refractivity contribution in [1.82, 2.24) is 14.9 Å². The van der Waals surface area contributed by atoms with Crippen molar-refractivity contribution in [2.75, 3.05) is 31.5 Å². The van der Waals surface area contributed by atoms with Crippen LogP contribution in [0.5, 0.6) is 0 Å². The van der Waals surface area contributed by atoms with Crippen LogP contribution in [-0.4, -0.2) is 41.0 Å². The van der Waals surface area contributed by atoms with E-state index in [2.05, 4.69) is 28.2 Å². The Balaban J connectivity index is 1.51. The number of hydrogen-bond acceptors (Lipinski definition) is 5. The first-order chi connectivity index (χ1) is 12.3. The van der Waals surface area contributed by atoms with Gasteiger partial charge in [0.1, 0.15) is 16.9 Å². The standard InChI is InChI=1S/C20H26N4O/c1-2-17-22-18-15-9-4-5-10-16(15)25-19(18)20(23-17)21-11-8-14-24-12-6-3-7-13-24/h4-5,9-10H,2-3,6-8,11-14H2,1H3,(H,21,22,23). The molecule has 0 radical (unpaired) electrons. The number of likely N-dealkylation sites (tertiary alicyclic amines) is 1. The molecule has 0 spiro atoms. The molecule has 0 unspecified atom stereocenters. The lowest BCUT2D eigenvalue weighted by Gasteiger charge is -2.26. The van der Waals surface area contributed by atoms with E-state index < -0.39 is 0 Å². The molecular weight excluding hydrogens is 312 g/mol. The summed E-state index contributed by atoms with van der Waals surface area (Å²) in [6.07, 6.45) is 6.02. The zero-order valence-corrected chi connectivity index (χ0v) is 14.9. The maximum atomic E-state index is 6.03. The molecule has 0 aliphatic carbocycles. The van der Waals surface area contributed by atoms with Gasteiger partial charge in [-0.15, -0.1) is 0 Å². The van der Waals surface area contributed by atoms with Crippen LogP contribution in [0.3, 0.4) is 0 Å². The molecule has 1 aromatic carbocycles. The lowest BCUT2D eigenvalue weighted by atomic mass is 10.1. The number of nitrogens with one attached hydrogen (secondary N) is 1. The zero-order valence-electron chi connectivity index (χ0n) is 14.9. The van der Waals surface area contributed by atoms with Crippen LogP contribution >= 0.6 is 0 Å². The van der Waals surface area contributed by atoms with Crippen molar-refractivity contribution in [2.24, 2.45) is 0 Å². The van der Waals surface area contributed by atoms with Crippen LogP contribution < -0.4 is 5.32 Å². The Bertz CT molecular complexity index is 851. The van der Waals surface area contributed by atoms with E-state index in [1.165, 1.54) is 32.4 Å². The van der Waals surface area contributed by atoms with Crippen LogP contribution in [0.4, 0.5) is 5.82 Å². The van der Waals surface area contributed by atoms with Crippen LogP contribution in [0.15, 0.2) is 28.7 Å². The average molecular weight is 338 g/mol. The van der Waals surface area contributed by atoms with Gasteiger partial charge in [-0.2, -0.15) is 0 Å². The number of furan rings is 1. The van der Waals surface area contributed by atoms with Crippen molar-refractivity contribution in [2.45, 2.75) is 39.0 Å². The molecule has 25 heavy (non-hydrogen) atoms. The Morgan fingerprint density at radius 1 is 1.12 bits per heavy atom. The van der Waals surface area contributed by atoms with Crippen molar-refractivity contribution in [3.8, 4) is 0 Å². The molecule has 1 aliphatic heterocycles. The van der Waals surface area contributed by atoms with E-state index >= 15 is 0 Å². The SMILES string of the molecule is CCc1nc(NCCCN2CCCCC2)c2oc3ccccc3c2n1. The fourth-order valence-electron chi connectivity index (χ4n) is 3.61. The highest BCUT2D eigenvalue weighted by atomic mass is 16.3. The van der Waals surface area contributed by atoms with Crippen LogP contribution in [0.2, 0.25) is 0 Å². The van der Waals surface area contributed by atoms with Crippen molar-refractivity contribution in [3.05, 3.63) is 30.1 Å². The molecule has 132 valence electrons. The number of benzene rings is 1. The first-order valence-corrected chi connectivity index (χ1v) is 9.49. The average Bonchev–Trinajstić information content (AvgIpc) is 3.04. The lowest BCUT2D eigenvalue weighted by molar-refractivity contribution is 0.228. The first kappa shape index (κ1) is 16.3. The molecule has 1 aliphatic rings. The summed E-state index contributed by atoms with van der Waals surface area (Å²) < 4.78 is 6.03. The summed E-state index contributed by atoms with van der Waals surface area (Å²) in [7, 11) is 0. The largest absolute Gasteiger partial charge is 0.450 e. The van der Waals surface area contributed by atoms with Crippen LogP contribution in [0.25, 0.3) is 22.1 Å². The third kappa shape index (κ3) is 3.47. The van der Waals surface area contributed by atoms with Crippen molar-refractivity contribution in [3.63, 3.8) is 0 Å². The van der Waals surface area contributed by atoms with Gasteiger partial charge in [0.25, 0.3) is 0 Å². The Hall–Kier alpha value is -2.14. The maximum Gasteiger partial charge on any atom is 0.196 e. The molecule has 0 atom stereocenters. The first-order valence-electron chi connectivity index (χ1n) is 9.49. The van der Waals surface area contributed by atoms with Gasteiger partial charge in [-0.05, 0) is 51.0 Å². The molecule has 5 nitrogen and oxygen atoms in total. The number of para-hydroxylation sites is 1. The molecule has 0 saturated carbocycles. The van der Waals surface area contributed by atoms with E-state index in [-0.39, 0.29) is 0 Å². The van der Waals surface area contributed by atoms with Gasteiger partial charge in [0.05, 0.1) is 0 Å². The summed E-state index contributed by atoms with van der Waals surface area (Å²) in [6, 6.07) is 8.07. The summed E-state index contributed by atoms with van der Waals surface area (Å²) in [5, 5.41) is 4.55. The fraction of sp³-hybridized carbons (Fsp3) is 0.500. The quantitative estimate of drug-likeness (QED) is 0.682. The zero-order chi connectivity index (χ0) is 17.1. The fourth-order valence-corrected chi connectivity index (χ4v) is 3.61. The number of anilines is 1. The van der Waals surface area contributed by atoms with Gasteiger partial charge in [-0.1, -0.05) is 25.5 Å². The van der Waals surface area contributed by atoms with E-state index in [0.29, 0.717) is 0 Å². The third-order valence-electron chi connectivity index (χ3n) is 4.97. The molecule has 0 amide bonds. The molecule has 1 saturated heterocycles. The van der Waals surface area contributed by atoms with E-state index in [9.17, 15) is 0 Å². The van der Waals surface area contributed by atoms with Gasteiger partial charge < -0.3 is 14.6 Å². The predicted molar refractivity (Wildman–Crippen MR) is 102 cm³/mol. The Morgan fingerprint density at radius 2 is 1.96 bits per heavy atom. The van der Waals surface area contributed by atoms with Crippen molar-refractivity contribution >= 4 is 27.9 Å². The molecule has 3 aromatic rings. The predicted octanol–water partition coefficient (Wildman–Crippen LogP) is 4.23. The number of nitrogens with zero attached hydrogens (tertiary/aromatic N) is 3. The van der Waals surface area contributed by atoms with Gasteiger partial charge in [-0.25, -0.2) is 9.97 Å². The van der Waals surface area contributed by atoms with Gasteiger partial charge in [-0.3, -0.25) is 0 Å². The summed E-state index contributed by atoms with van der Waals surface area (Å²) in [5.74, 6) is 1.69. The second kappa shape index (κ2) is 7.40. The summed E-state index contributed by atoms with van der Waals surface area (Å²) in [5.41, 5.74) is 2.56. The second-order valence-corrected chi connectivity index (χ2v) is 6.80. The lowest BCUT2D eigenvalue weighted by Crippen LogP contribution is -2.31. The number of hydrogen-bond donors (Lipinski definition) is 1. The van der Waals surface area contributed by atoms with Gasteiger partial charge in [0.15, 0.2) is 11.4 Å². The number of piperidine rings is 1. The molecule has 0 bridgehead atoms. The summed E-state index contributed by atoms with van der Waals surface area (Å²) in [6.45, 7) is 6.65. The normalized spacial score (nSPS) is 15.9. The minimum Gasteiger partial charge on any atom is -0.450 e. The minimum atomic E-state index is 0.774. The molecule has 4 rings (SSSR count). The monoisotopic (exact) mass is 338 g/mol. The van der Waals surface area contributed by atoms with E-state index in [0.717, 1.165) is 59.6 Å². The van der Waals surface area contributed by atoms with Gasteiger partial charge in [0.2, 0.25) is 0 Å². The van der Waals surface area contributed by atoms with E-state index in [1.807, 2.05) is 18.2 Å². The number of fused-ring (bicyclic) bond motifs is 3. The topological polar surface area (TPSA) is 54.2 Å². The van der Waals surface area contributed by atoms with Crippen LogP contribution in [-0.2, 0) is 6.42 Å². The molecular formula is C20H26N4O. The Labute approximate surface area is 148 Å². The second-order valence-electron chi connectivity index (χ2n) is 6.80. The molecule has 1 fully saturated rings. The van der Waals surface area contributed by atoms with E-state index in [1.54, 1.807) is 0 Å². The van der Waals surface area contributed by atoms with Gasteiger partial charge >= 0.3 is 0 Å². The molecule has 3 heterocycles. The third-order valence-corrected chi connectivity index (χ3v) is 4.97. The smallest absolute Gasteiger partial charge is 0.196 e. The highest BCUT2D eigenvalue weighted by Crippen LogP contribution is 2.31. The van der Waals surface area contributed by atoms with Crippen LogP contribution in [0, 0.1) is 0 Å². The van der Waals surface area contributed by atoms with Crippen LogP contribution in [0.1, 0.15) is 38.4 Å². The number of rotatable bonds is 6. The van der Waals surface area contributed by atoms with Gasteiger partial charge in [0, 0.05) is 18.4 Å². The van der Waals surface area contributed by atoms with E-state index in [4.69, 9.17) is 9.40 Å². The summed E-state index contributed by atoms with van der Waals surface area (Å²) >= 11 is 0. The van der Waals surface area contributed by atoms with Crippen molar-refractivity contribution in [1.29, 1.82) is 0 Å². The highest BCUT2D eigenvalue weighted by molar-refractivity contribution is 6.05. The minimum absolute atomic E-state index is 0.774. The Kier molecular flexibility index (Phi) is 4.83. The molecule has 1 N–H and O–H groups in total. The Morgan fingerprint density at radius 3 is 2.80 bits per heavy atom.